The van der Waals surface area contributed by atoms with Crippen molar-refractivity contribution in [2.45, 2.75) is 6.92 Å². The van der Waals surface area contributed by atoms with Gasteiger partial charge in [-0.25, -0.2) is 13.8 Å². The molecule has 5 heteroatoms. The van der Waals surface area contributed by atoms with E-state index in [0.717, 1.165) is 18.2 Å². The van der Waals surface area contributed by atoms with Crippen LogP contribution in [0.1, 0.15) is 5.82 Å². The Balaban J connectivity index is 2.72. The van der Waals surface area contributed by atoms with E-state index in [4.69, 9.17) is 0 Å². The fourth-order valence-corrected chi connectivity index (χ4v) is 1.45. The first kappa shape index (κ1) is 10.5. The van der Waals surface area contributed by atoms with Crippen LogP contribution in [-0.2, 0) is 0 Å². The molecule has 0 bridgehead atoms. The van der Waals surface area contributed by atoms with Crippen molar-refractivity contribution in [3.05, 3.63) is 52.1 Å². The van der Waals surface area contributed by atoms with Gasteiger partial charge in [0.05, 0.1) is 11.3 Å². The van der Waals surface area contributed by atoms with Crippen LogP contribution in [0.5, 0.6) is 0 Å². The SMILES string of the molecule is Cc1nc(-c2c(F)cccc2F)cc(=O)[nH]1. The molecule has 1 aromatic heterocycles. The molecule has 0 radical (unpaired) electrons. The summed E-state index contributed by atoms with van der Waals surface area (Å²) in [7, 11) is 0. The van der Waals surface area contributed by atoms with Gasteiger partial charge in [-0.2, -0.15) is 0 Å². The number of aromatic nitrogens is 2. The second-order valence-corrected chi connectivity index (χ2v) is 3.31. The lowest BCUT2D eigenvalue weighted by Crippen LogP contribution is -2.09. The lowest BCUT2D eigenvalue weighted by molar-refractivity contribution is 0.588. The molecule has 2 rings (SSSR count). The summed E-state index contributed by atoms with van der Waals surface area (Å²) in [6.45, 7) is 1.55. The molecule has 0 unspecified atom stereocenters. The Bertz CT molecular complexity index is 573. The molecule has 1 aromatic carbocycles. The first-order valence-electron chi connectivity index (χ1n) is 4.60. The number of aromatic amines is 1. The van der Waals surface area contributed by atoms with Crippen LogP contribution < -0.4 is 5.56 Å². The summed E-state index contributed by atoms with van der Waals surface area (Å²) >= 11 is 0. The highest BCUT2D eigenvalue weighted by atomic mass is 19.1. The van der Waals surface area contributed by atoms with Crippen molar-refractivity contribution in [1.82, 2.24) is 9.97 Å². The number of nitrogens with one attached hydrogen (secondary N) is 1. The minimum atomic E-state index is -0.738. The zero-order valence-electron chi connectivity index (χ0n) is 8.42. The maximum atomic E-state index is 13.4. The Morgan fingerprint density at radius 3 is 2.44 bits per heavy atom. The Kier molecular flexibility index (Phi) is 2.52. The molecule has 0 saturated heterocycles. The van der Waals surface area contributed by atoms with Gasteiger partial charge in [-0.3, -0.25) is 4.79 Å². The third kappa shape index (κ3) is 1.84. The number of hydrogen-bond acceptors (Lipinski definition) is 2. The number of aryl methyl sites for hydroxylation is 1. The number of H-pyrrole nitrogens is 1. The average Bonchev–Trinajstić information content (AvgIpc) is 2.15. The van der Waals surface area contributed by atoms with Crippen molar-refractivity contribution >= 4 is 0 Å². The highest BCUT2D eigenvalue weighted by Crippen LogP contribution is 2.22. The standard InChI is InChI=1S/C11H8F2N2O/c1-6-14-9(5-10(16)15-6)11-7(12)3-2-4-8(11)13/h2-5H,1H3,(H,14,15,16). The molecule has 3 nitrogen and oxygen atoms in total. The maximum Gasteiger partial charge on any atom is 0.251 e. The van der Waals surface area contributed by atoms with Crippen molar-refractivity contribution < 1.29 is 8.78 Å². The van der Waals surface area contributed by atoms with Crippen molar-refractivity contribution in [1.29, 1.82) is 0 Å². The van der Waals surface area contributed by atoms with Gasteiger partial charge in [0.2, 0.25) is 0 Å². The van der Waals surface area contributed by atoms with E-state index < -0.39 is 17.2 Å². The van der Waals surface area contributed by atoms with E-state index in [0.29, 0.717) is 5.82 Å². The van der Waals surface area contributed by atoms with E-state index in [2.05, 4.69) is 9.97 Å². The molecule has 2 aromatic rings. The zero-order valence-corrected chi connectivity index (χ0v) is 8.42. The van der Waals surface area contributed by atoms with Gasteiger partial charge in [0.15, 0.2) is 0 Å². The van der Waals surface area contributed by atoms with Crippen LogP contribution in [0.4, 0.5) is 8.78 Å². The summed E-state index contributed by atoms with van der Waals surface area (Å²) in [5, 5.41) is 0. The highest BCUT2D eigenvalue weighted by Gasteiger charge is 2.12. The third-order valence-electron chi connectivity index (χ3n) is 2.08. The van der Waals surface area contributed by atoms with Crippen molar-refractivity contribution in [2.24, 2.45) is 0 Å². The van der Waals surface area contributed by atoms with Gasteiger partial charge < -0.3 is 4.98 Å². The van der Waals surface area contributed by atoms with E-state index in [1.165, 1.54) is 6.07 Å². The average molecular weight is 222 g/mol. The summed E-state index contributed by atoms with van der Waals surface area (Å²) in [6.07, 6.45) is 0. The molecule has 0 aliphatic carbocycles. The lowest BCUT2D eigenvalue weighted by Gasteiger charge is -2.04. The Morgan fingerprint density at radius 2 is 1.88 bits per heavy atom. The number of nitrogens with zero attached hydrogens (tertiary/aromatic N) is 1. The van der Waals surface area contributed by atoms with Gasteiger partial charge >= 0.3 is 0 Å². The second-order valence-electron chi connectivity index (χ2n) is 3.31. The number of benzene rings is 1. The summed E-state index contributed by atoms with van der Waals surface area (Å²) in [6, 6.07) is 4.57. The third-order valence-corrected chi connectivity index (χ3v) is 2.08. The van der Waals surface area contributed by atoms with Gasteiger partial charge in [0.1, 0.15) is 17.5 Å². The highest BCUT2D eigenvalue weighted by molar-refractivity contribution is 5.60. The smallest absolute Gasteiger partial charge is 0.251 e. The first-order chi connectivity index (χ1) is 7.58. The van der Waals surface area contributed by atoms with E-state index >= 15 is 0 Å². The molecule has 1 heterocycles. The molecular formula is C11H8F2N2O. The molecule has 16 heavy (non-hydrogen) atoms. The summed E-state index contributed by atoms with van der Waals surface area (Å²) in [4.78, 5) is 17.5. The number of hydrogen-bond donors (Lipinski definition) is 1. The molecule has 0 fully saturated rings. The first-order valence-corrected chi connectivity index (χ1v) is 4.60. The minimum absolute atomic E-state index is 0.00292. The predicted octanol–water partition coefficient (Wildman–Crippen LogP) is 2.02. The maximum absolute atomic E-state index is 13.4. The Morgan fingerprint density at radius 1 is 1.25 bits per heavy atom. The van der Waals surface area contributed by atoms with Crippen molar-refractivity contribution in [2.75, 3.05) is 0 Å². The predicted molar refractivity (Wildman–Crippen MR) is 54.9 cm³/mol. The summed E-state index contributed by atoms with van der Waals surface area (Å²) in [5.41, 5.74) is -0.723. The van der Waals surface area contributed by atoms with E-state index in [1.54, 1.807) is 6.92 Å². The summed E-state index contributed by atoms with van der Waals surface area (Å²) < 4.78 is 26.8. The Hall–Kier alpha value is -2.04. The van der Waals surface area contributed by atoms with Gasteiger partial charge in [-0.15, -0.1) is 0 Å². The van der Waals surface area contributed by atoms with Gasteiger partial charge in [-0.1, -0.05) is 6.07 Å². The van der Waals surface area contributed by atoms with Crippen LogP contribution in [0.2, 0.25) is 0 Å². The normalized spacial score (nSPS) is 10.4. The largest absolute Gasteiger partial charge is 0.311 e. The van der Waals surface area contributed by atoms with Crippen LogP contribution in [0, 0.1) is 18.6 Å². The lowest BCUT2D eigenvalue weighted by atomic mass is 10.1. The fraction of sp³-hybridized carbons (Fsp3) is 0.0909. The van der Waals surface area contributed by atoms with Crippen LogP contribution >= 0.6 is 0 Å². The second kappa shape index (κ2) is 3.84. The molecule has 0 atom stereocenters. The van der Waals surface area contributed by atoms with Gasteiger partial charge in [-0.05, 0) is 19.1 Å². The molecule has 0 amide bonds. The van der Waals surface area contributed by atoms with Gasteiger partial charge in [0, 0.05) is 6.07 Å². The van der Waals surface area contributed by atoms with E-state index in [-0.39, 0.29) is 11.3 Å². The number of rotatable bonds is 1. The van der Waals surface area contributed by atoms with Crippen LogP contribution in [0.3, 0.4) is 0 Å². The van der Waals surface area contributed by atoms with Gasteiger partial charge in [0.25, 0.3) is 5.56 Å². The molecule has 0 saturated carbocycles. The van der Waals surface area contributed by atoms with E-state index in [1.807, 2.05) is 0 Å². The number of halogens is 2. The summed E-state index contributed by atoms with van der Waals surface area (Å²) in [5.74, 6) is -1.17. The molecule has 0 aliphatic heterocycles. The van der Waals surface area contributed by atoms with Crippen LogP contribution in [-0.4, -0.2) is 9.97 Å². The molecule has 0 aliphatic rings. The molecule has 1 N–H and O–H groups in total. The topological polar surface area (TPSA) is 45.8 Å². The van der Waals surface area contributed by atoms with Crippen molar-refractivity contribution in [3.8, 4) is 11.3 Å². The van der Waals surface area contributed by atoms with Crippen LogP contribution in [0.15, 0.2) is 29.1 Å². The zero-order chi connectivity index (χ0) is 11.7. The minimum Gasteiger partial charge on any atom is -0.311 e. The molecule has 0 spiro atoms. The monoisotopic (exact) mass is 222 g/mol. The quantitative estimate of drug-likeness (QED) is 0.802. The van der Waals surface area contributed by atoms with Crippen molar-refractivity contribution in [3.63, 3.8) is 0 Å². The molecular weight excluding hydrogens is 214 g/mol. The Labute approximate surface area is 89.8 Å². The molecule has 82 valence electrons. The van der Waals surface area contributed by atoms with Crippen LogP contribution in [0.25, 0.3) is 11.3 Å². The van der Waals surface area contributed by atoms with E-state index in [9.17, 15) is 13.6 Å². The fourth-order valence-electron chi connectivity index (χ4n) is 1.45.